The van der Waals surface area contributed by atoms with Crippen LogP contribution in [0.3, 0.4) is 0 Å². The SMILES string of the molecule is CCN1CCCC1CNC(=O)c1cc(S(=O)(=O)CC)c(N)cc1OC.CCN1CCCC1CNC(=O)c1cc(S(=O)(=O)CC)c(N)cc1OC. The van der Waals surface area contributed by atoms with Crippen molar-refractivity contribution in [2.45, 2.75) is 75.3 Å². The lowest BCUT2D eigenvalue weighted by atomic mass is 10.1. The first-order chi connectivity index (χ1) is 23.7. The van der Waals surface area contributed by atoms with Gasteiger partial charge in [0.25, 0.3) is 11.8 Å². The van der Waals surface area contributed by atoms with Crippen LogP contribution in [-0.4, -0.2) is 116 Å². The maximum Gasteiger partial charge on any atom is 0.255 e. The molecule has 2 heterocycles. The van der Waals surface area contributed by atoms with E-state index in [9.17, 15) is 26.4 Å². The first-order valence-corrected chi connectivity index (χ1v) is 20.4. The molecule has 50 heavy (non-hydrogen) atoms. The van der Waals surface area contributed by atoms with Crippen molar-refractivity contribution in [3.8, 4) is 11.5 Å². The topological polar surface area (TPSA) is 203 Å². The number of nitrogen functional groups attached to an aromatic ring is 2. The number of hydrogen-bond donors (Lipinski definition) is 4. The number of anilines is 2. The Labute approximate surface area is 297 Å². The van der Waals surface area contributed by atoms with Gasteiger partial charge in [-0.25, -0.2) is 16.8 Å². The molecule has 280 valence electrons. The average Bonchev–Trinajstić information content (AvgIpc) is 3.78. The first-order valence-electron chi connectivity index (χ1n) is 17.1. The van der Waals surface area contributed by atoms with Crippen molar-refractivity contribution >= 4 is 42.9 Å². The van der Waals surface area contributed by atoms with Crippen molar-refractivity contribution in [1.29, 1.82) is 0 Å². The number of amides is 2. The molecule has 2 saturated heterocycles. The number of benzene rings is 2. The summed E-state index contributed by atoms with van der Waals surface area (Å²) in [6.45, 7) is 12.3. The lowest BCUT2D eigenvalue weighted by Gasteiger charge is -2.23. The van der Waals surface area contributed by atoms with Crippen LogP contribution in [-0.2, 0) is 19.7 Å². The summed E-state index contributed by atoms with van der Waals surface area (Å²) in [5, 5.41) is 5.80. The van der Waals surface area contributed by atoms with E-state index in [0.717, 1.165) is 51.9 Å². The molecule has 2 atom stereocenters. The number of likely N-dealkylation sites (N-methyl/N-ethyl adjacent to an activating group) is 2. The Morgan fingerprint density at radius 3 is 1.36 bits per heavy atom. The highest BCUT2D eigenvalue weighted by atomic mass is 32.2. The summed E-state index contributed by atoms with van der Waals surface area (Å²) < 4.78 is 59.2. The van der Waals surface area contributed by atoms with Crippen LogP contribution in [0, 0.1) is 0 Å². The Morgan fingerprint density at radius 1 is 0.700 bits per heavy atom. The number of nitrogens with one attached hydrogen (secondary N) is 2. The van der Waals surface area contributed by atoms with Gasteiger partial charge in [-0.15, -0.1) is 0 Å². The van der Waals surface area contributed by atoms with Crippen molar-refractivity contribution in [2.75, 3.05) is 76.5 Å². The number of nitrogens with zero attached hydrogens (tertiary/aromatic N) is 2. The average molecular weight is 739 g/mol. The minimum Gasteiger partial charge on any atom is -0.496 e. The molecular weight excluding hydrogens is 685 g/mol. The molecule has 0 bridgehead atoms. The first kappa shape index (κ1) is 40.8. The lowest BCUT2D eigenvalue weighted by Crippen LogP contribution is -2.40. The Bertz CT molecular complexity index is 1590. The quantitative estimate of drug-likeness (QED) is 0.207. The maximum atomic E-state index is 12.6. The number of hydrogen-bond acceptors (Lipinski definition) is 12. The largest absolute Gasteiger partial charge is 0.496 e. The molecule has 0 aromatic heterocycles. The zero-order chi connectivity index (χ0) is 37.2. The summed E-state index contributed by atoms with van der Waals surface area (Å²) in [6.07, 6.45) is 4.34. The number of ether oxygens (including phenoxy) is 2. The van der Waals surface area contributed by atoms with Gasteiger partial charge >= 0.3 is 0 Å². The van der Waals surface area contributed by atoms with Crippen LogP contribution in [0.25, 0.3) is 0 Å². The number of likely N-dealkylation sites (tertiary alicyclic amines) is 2. The van der Waals surface area contributed by atoms with Gasteiger partial charge in [0, 0.05) is 37.3 Å². The van der Waals surface area contributed by atoms with E-state index in [-0.39, 0.29) is 67.1 Å². The number of carbonyl (C=O) groups excluding carboxylic acids is 2. The van der Waals surface area contributed by atoms with Crippen LogP contribution >= 0.6 is 0 Å². The van der Waals surface area contributed by atoms with Gasteiger partial charge in [-0.05, 0) is 64.0 Å². The van der Waals surface area contributed by atoms with E-state index < -0.39 is 19.7 Å². The van der Waals surface area contributed by atoms with Crippen LogP contribution in [0.1, 0.15) is 74.1 Å². The summed E-state index contributed by atoms with van der Waals surface area (Å²) in [5.74, 6) is -0.344. The Hall–Kier alpha value is -3.60. The summed E-state index contributed by atoms with van der Waals surface area (Å²) in [7, 11) is -4.19. The summed E-state index contributed by atoms with van der Waals surface area (Å²) in [6, 6.07) is 6.04. The second-order valence-electron chi connectivity index (χ2n) is 12.3. The van der Waals surface area contributed by atoms with Gasteiger partial charge in [0.1, 0.15) is 11.5 Å². The molecule has 0 saturated carbocycles. The monoisotopic (exact) mass is 738 g/mol. The summed E-state index contributed by atoms with van der Waals surface area (Å²) in [4.78, 5) is 29.8. The van der Waals surface area contributed by atoms with Crippen LogP contribution < -0.4 is 31.6 Å². The molecule has 0 spiro atoms. The lowest BCUT2D eigenvalue weighted by molar-refractivity contribution is 0.0930. The van der Waals surface area contributed by atoms with Gasteiger partial charge in [0.15, 0.2) is 19.7 Å². The van der Waals surface area contributed by atoms with E-state index in [1.54, 1.807) is 0 Å². The van der Waals surface area contributed by atoms with Gasteiger partial charge in [-0.3, -0.25) is 19.4 Å². The van der Waals surface area contributed by atoms with E-state index >= 15 is 0 Å². The smallest absolute Gasteiger partial charge is 0.255 e. The highest BCUT2D eigenvalue weighted by Gasteiger charge is 2.27. The van der Waals surface area contributed by atoms with Crippen LogP contribution in [0.15, 0.2) is 34.1 Å². The summed E-state index contributed by atoms with van der Waals surface area (Å²) >= 11 is 0. The highest BCUT2D eigenvalue weighted by Crippen LogP contribution is 2.31. The fourth-order valence-corrected chi connectivity index (χ4v) is 8.44. The molecule has 0 radical (unpaired) electrons. The molecule has 2 aromatic carbocycles. The third-order valence-electron chi connectivity index (χ3n) is 9.39. The van der Waals surface area contributed by atoms with Crippen LogP contribution in [0.5, 0.6) is 11.5 Å². The molecule has 2 unspecified atom stereocenters. The predicted octanol–water partition coefficient (Wildman–Crippen LogP) is 2.57. The third kappa shape index (κ3) is 9.80. The molecule has 2 fully saturated rings. The van der Waals surface area contributed by atoms with E-state index in [4.69, 9.17) is 20.9 Å². The third-order valence-corrected chi connectivity index (χ3v) is 13.0. The molecule has 14 nitrogen and oxygen atoms in total. The fraction of sp³-hybridized carbons (Fsp3) is 0.588. The van der Waals surface area contributed by atoms with E-state index in [0.29, 0.717) is 25.2 Å². The zero-order valence-electron chi connectivity index (χ0n) is 30.1. The number of nitrogens with two attached hydrogens (primary N) is 2. The van der Waals surface area contributed by atoms with Gasteiger partial charge in [-0.1, -0.05) is 27.7 Å². The van der Waals surface area contributed by atoms with Gasteiger partial charge in [-0.2, -0.15) is 0 Å². The van der Waals surface area contributed by atoms with Crippen molar-refractivity contribution in [2.24, 2.45) is 0 Å². The molecule has 6 N–H and O–H groups in total. The number of carbonyl (C=O) groups is 2. The minimum atomic E-state index is -3.52. The summed E-state index contributed by atoms with van der Waals surface area (Å²) in [5.41, 5.74) is 12.2. The van der Waals surface area contributed by atoms with Gasteiger partial charge in [0.2, 0.25) is 0 Å². The van der Waals surface area contributed by atoms with Crippen molar-refractivity contribution in [3.63, 3.8) is 0 Å². The molecule has 2 aliphatic rings. The normalized spacial score (nSPS) is 18.3. The number of rotatable bonds is 14. The molecule has 2 aliphatic heterocycles. The van der Waals surface area contributed by atoms with Gasteiger partial charge < -0.3 is 31.6 Å². The molecule has 2 aromatic rings. The van der Waals surface area contributed by atoms with Crippen molar-refractivity contribution in [1.82, 2.24) is 20.4 Å². The molecular formula is C34H54N6O8S2. The molecule has 16 heteroatoms. The van der Waals surface area contributed by atoms with E-state index in [1.807, 2.05) is 0 Å². The number of sulfone groups is 2. The Morgan fingerprint density at radius 2 is 1.06 bits per heavy atom. The molecule has 0 aliphatic carbocycles. The molecule has 2 amide bonds. The van der Waals surface area contributed by atoms with E-state index in [1.165, 1.54) is 52.3 Å². The number of methoxy groups -OCH3 is 2. The minimum absolute atomic E-state index is 0.0306. The molecule has 4 rings (SSSR count). The second-order valence-corrected chi connectivity index (χ2v) is 16.8. The van der Waals surface area contributed by atoms with Crippen molar-refractivity contribution in [3.05, 3.63) is 35.4 Å². The Kier molecular flexibility index (Phi) is 14.7. The second kappa shape index (κ2) is 18.1. The highest BCUT2D eigenvalue weighted by molar-refractivity contribution is 7.91. The maximum absolute atomic E-state index is 12.6. The van der Waals surface area contributed by atoms with Crippen molar-refractivity contribution < 1.29 is 35.9 Å². The predicted molar refractivity (Wildman–Crippen MR) is 195 cm³/mol. The van der Waals surface area contributed by atoms with Gasteiger partial charge in [0.05, 0.1) is 58.0 Å². The van der Waals surface area contributed by atoms with E-state index in [2.05, 4.69) is 34.3 Å². The fourth-order valence-electron chi connectivity index (χ4n) is 6.39. The van der Waals surface area contributed by atoms with Crippen LogP contribution in [0.2, 0.25) is 0 Å². The Balaban J connectivity index is 0.000000270. The van der Waals surface area contributed by atoms with Crippen LogP contribution in [0.4, 0.5) is 11.4 Å². The zero-order valence-corrected chi connectivity index (χ0v) is 31.7. The standard InChI is InChI=1S/2C17H27N3O4S/c2*1-4-20-8-6-7-12(20)11-19-17(21)13-9-16(25(22,23)5-2)14(18)10-15(13)24-3/h2*9-10,12H,4-8,11,18H2,1-3H3,(H,19,21).